The molecule has 0 radical (unpaired) electrons. The second-order valence-corrected chi connectivity index (χ2v) is 7.83. The van der Waals surface area contributed by atoms with Crippen molar-refractivity contribution in [3.8, 4) is 5.75 Å². The smallest absolute Gasteiger partial charge is 0.233 e. The summed E-state index contributed by atoms with van der Waals surface area (Å²) in [6, 6.07) is 4.63. The third-order valence-electron chi connectivity index (χ3n) is 5.52. The molecule has 4 rings (SSSR count). The van der Waals surface area contributed by atoms with Crippen molar-refractivity contribution in [3.05, 3.63) is 24.0 Å². The van der Waals surface area contributed by atoms with Gasteiger partial charge in [0.05, 0.1) is 26.7 Å². The summed E-state index contributed by atoms with van der Waals surface area (Å²) in [5.41, 5.74) is 0.528. The van der Waals surface area contributed by atoms with Crippen molar-refractivity contribution in [1.82, 2.24) is 19.9 Å². The summed E-state index contributed by atoms with van der Waals surface area (Å²) in [5.74, 6) is 1.64. The van der Waals surface area contributed by atoms with Gasteiger partial charge in [0.2, 0.25) is 17.8 Å². The standard InChI is InChI=1S/C21H29FN8O/c1-31-18-8-7-16(11-17(18)22)26-21-28-19(24-12-15-5-3-2-4-6-15)27-20(29-21)25-14-30-10-9-23-13-30/h7-8,11,13,15H,2-6,9-10,12,14H2,1H3,(H3,24,25,26,27,28,29). The van der Waals surface area contributed by atoms with E-state index < -0.39 is 5.82 Å². The molecule has 1 aromatic carbocycles. The minimum absolute atomic E-state index is 0.186. The van der Waals surface area contributed by atoms with Crippen LogP contribution in [0, 0.1) is 11.7 Å². The normalized spacial score (nSPS) is 16.4. The molecule has 2 heterocycles. The van der Waals surface area contributed by atoms with Gasteiger partial charge in [-0.05, 0) is 30.9 Å². The highest BCUT2D eigenvalue weighted by atomic mass is 19.1. The van der Waals surface area contributed by atoms with E-state index in [4.69, 9.17) is 4.74 Å². The summed E-state index contributed by atoms with van der Waals surface area (Å²) in [6.45, 7) is 3.04. The first-order chi connectivity index (χ1) is 15.2. The molecule has 0 saturated heterocycles. The Labute approximate surface area is 181 Å². The van der Waals surface area contributed by atoms with Crippen LogP contribution in [-0.4, -0.2) is 59.6 Å². The molecule has 0 spiro atoms. The number of nitrogens with one attached hydrogen (secondary N) is 3. The van der Waals surface area contributed by atoms with Crippen LogP contribution in [0.15, 0.2) is 23.2 Å². The van der Waals surface area contributed by atoms with Crippen LogP contribution in [0.3, 0.4) is 0 Å². The van der Waals surface area contributed by atoms with E-state index in [1.54, 1.807) is 12.1 Å². The van der Waals surface area contributed by atoms with Gasteiger partial charge in [0, 0.05) is 24.8 Å². The van der Waals surface area contributed by atoms with Crippen molar-refractivity contribution in [1.29, 1.82) is 0 Å². The molecule has 166 valence electrons. The first kappa shape index (κ1) is 21.1. The van der Waals surface area contributed by atoms with E-state index in [0.29, 0.717) is 36.1 Å². The largest absolute Gasteiger partial charge is 0.494 e. The summed E-state index contributed by atoms with van der Waals surface area (Å²) in [5, 5.41) is 9.65. The van der Waals surface area contributed by atoms with Crippen LogP contribution in [0.5, 0.6) is 5.75 Å². The Morgan fingerprint density at radius 2 is 1.84 bits per heavy atom. The van der Waals surface area contributed by atoms with Gasteiger partial charge in [-0.2, -0.15) is 15.0 Å². The SMILES string of the molecule is COc1ccc(Nc2nc(NCC3CCCCC3)nc(NCN3C=NCC3)n2)cc1F. The summed E-state index contributed by atoms with van der Waals surface area (Å²) in [4.78, 5) is 19.7. The van der Waals surface area contributed by atoms with Crippen molar-refractivity contribution in [2.45, 2.75) is 32.1 Å². The zero-order chi connectivity index (χ0) is 21.5. The Kier molecular flexibility index (Phi) is 6.96. The molecular formula is C21H29FN8O. The zero-order valence-corrected chi connectivity index (χ0v) is 17.8. The van der Waals surface area contributed by atoms with Gasteiger partial charge in [0.1, 0.15) is 0 Å². The molecule has 0 bridgehead atoms. The molecule has 1 aliphatic heterocycles. The van der Waals surface area contributed by atoms with Crippen molar-refractivity contribution in [3.63, 3.8) is 0 Å². The molecule has 3 N–H and O–H groups in total. The number of hydrogen-bond acceptors (Lipinski definition) is 9. The lowest BCUT2D eigenvalue weighted by molar-refractivity contribution is 0.373. The first-order valence-corrected chi connectivity index (χ1v) is 10.8. The molecule has 0 unspecified atom stereocenters. The molecule has 2 aromatic rings. The van der Waals surface area contributed by atoms with Crippen molar-refractivity contribution in [2.75, 3.05) is 49.4 Å². The van der Waals surface area contributed by atoms with E-state index >= 15 is 0 Å². The Morgan fingerprint density at radius 3 is 2.55 bits per heavy atom. The molecule has 1 fully saturated rings. The third kappa shape index (κ3) is 5.93. The zero-order valence-electron chi connectivity index (χ0n) is 17.8. The van der Waals surface area contributed by atoms with Crippen LogP contribution in [0.1, 0.15) is 32.1 Å². The molecule has 10 heteroatoms. The summed E-state index contributed by atoms with van der Waals surface area (Å²) in [6.07, 6.45) is 8.16. The highest BCUT2D eigenvalue weighted by Crippen LogP contribution is 2.25. The number of rotatable bonds is 9. The minimum Gasteiger partial charge on any atom is -0.494 e. The second kappa shape index (κ2) is 10.2. The predicted molar refractivity (Wildman–Crippen MR) is 120 cm³/mol. The molecule has 2 aliphatic rings. The van der Waals surface area contributed by atoms with Gasteiger partial charge in [0.25, 0.3) is 0 Å². The predicted octanol–water partition coefficient (Wildman–Crippen LogP) is 3.47. The van der Waals surface area contributed by atoms with E-state index in [1.165, 1.54) is 45.3 Å². The Bertz CT molecular complexity index is 903. The lowest BCUT2D eigenvalue weighted by atomic mass is 9.89. The molecule has 9 nitrogen and oxygen atoms in total. The van der Waals surface area contributed by atoms with E-state index in [0.717, 1.165) is 19.6 Å². The fraction of sp³-hybridized carbons (Fsp3) is 0.524. The third-order valence-corrected chi connectivity index (χ3v) is 5.52. The molecule has 1 aromatic heterocycles. The number of aliphatic imine (C=N–C) groups is 1. The van der Waals surface area contributed by atoms with Crippen molar-refractivity contribution in [2.24, 2.45) is 10.9 Å². The van der Waals surface area contributed by atoms with Gasteiger partial charge in [-0.3, -0.25) is 4.99 Å². The van der Waals surface area contributed by atoms with Crippen molar-refractivity contribution >= 4 is 29.9 Å². The quantitative estimate of drug-likeness (QED) is 0.558. The van der Waals surface area contributed by atoms with Gasteiger partial charge in [-0.15, -0.1) is 0 Å². The monoisotopic (exact) mass is 428 g/mol. The maximum Gasteiger partial charge on any atom is 0.233 e. The lowest BCUT2D eigenvalue weighted by Crippen LogP contribution is -2.27. The van der Waals surface area contributed by atoms with E-state index in [2.05, 4.69) is 35.9 Å². The summed E-state index contributed by atoms with van der Waals surface area (Å²) >= 11 is 0. The second-order valence-electron chi connectivity index (χ2n) is 7.83. The minimum atomic E-state index is -0.455. The Morgan fingerprint density at radius 1 is 1.06 bits per heavy atom. The van der Waals surface area contributed by atoms with Gasteiger partial charge in [-0.1, -0.05) is 19.3 Å². The maximum atomic E-state index is 14.1. The van der Waals surface area contributed by atoms with E-state index in [9.17, 15) is 4.39 Å². The first-order valence-electron chi connectivity index (χ1n) is 10.8. The molecule has 0 amide bonds. The molecule has 0 atom stereocenters. The van der Waals surface area contributed by atoms with E-state index in [1.807, 2.05) is 11.2 Å². The number of methoxy groups -OCH3 is 1. The van der Waals surface area contributed by atoms with Gasteiger partial charge in [-0.25, -0.2) is 4.39 Å². The highest BCUT2D eigenvalue weighted by Gasteiger charge is 2.15. The number of nitrogens with zero attached hydrogens (tertiary/aromatic N) is 5. The molecule has 1 saturated carbocycles. The number of ether oxygens (including phenoxy) is 1. The van der Waals surface area contributed by atoms with E-state index in [-0.39, 0.29) is 5.75 Å². The van der Waals surface area contributed by atoms with Crippen LogP contribution < -0.4 is 20.7 Å². The maximum absolute atomic E-state index is 14.1. The van der Waals surface area contributed by atoms with Crippen LogP contribution >= 0.6 is 0 Å². The number of hydrogen-bond donors (Lipinski definition) is 3. The number of aromatic nitrogens is 3. The summed E-state index contributed by atoms with van der Waals surface area (Å²) in [7, 11) is 1.44. The van der Waals surface area contributed by atoms with Crippen LogP contribution in [0.25, 0.3) is 0 Å². The van der Waals surface area contributed by atoms with Crippen LogP contribution in [0.2, 0.25) is 0 Å². The number of halogens is 1. The average Bonchev–Trinajstić information content (AvgIpc) is 3.31. The van der Waals surface area contributed by atoms with Crippen LogP contribution in [-0.2, 0) is 0 Å². The topological polar surface area (TPSA) is 99.6 Å². The van der Waals surface area contributed by atoms with Gasteiger partial charge >= 0.3 is 0 Å². The van der Waals surface area contributed by atoms with Crippen LogP contribution in [0.4, 0.5) is 27.9 Å². The number of benzene rings is 1. The van der Waals surface area contributed by atoms with Gasteiger partial charge < -0.3 is 25.6 Å². The molecular weight excluding hydrogens is 399 g/mol. The Balaban J connectivity index is 1.48. The molecule has 1 aliphatic carbocycles. The Hall–Kier alpha value is -3.17. The number of anilines is 4. The fourth-order valence-corrected chi connectivity index (χ4v) is 3.80. The lowest BCUT2D eigenvalue weighted by Gasteiger charge is -2.22. The summed E-state index contributed by atoms with van der Waals surface area (Å²) < 4.78 is 19.1. The fourth-order valence-electron chi connectivity index (χ4n) is 3.80. The molecule has 31 heavy (non-hydrogen) atoms. The van der Waals surface area contributed by atoms with Gasteiger partial charge in [0.15, 0.2) is 11.6 Å². The average molecular weight is 429 g/mol. The van der Waals surface area contributed by atoms with Crippen molar-refractivity contribution < 1.29 is 9.13 Å². The highest BCUT2D eigenvalue weighted by molar-refractivity contribution is 5.58.